The summed E-state index contributed by atoms with van der Waals surface area (Å²) in [6, 6.07) is 7.18. The molecule has 2 aromatic rings. The van der Waals surface area contributed by atoms with Gasteiger partial charge >= 0.3 is 5.97 Å². The van der Waals surface area contributed by atoms with E-state index in [4.69, 9.17) is 14.2 Å². The van der Waals surface area contributed by atoms with Gasteiger partial charge in [0, 0.05) is 18.8 Å². The lowest BCUT2D eigenvalue weighted by Gasteiger charge is -2.16. The van der Waals surface area contributed by atoms with Crippen molar-refractivity contribution in [2.45, 2.75) is 25.7 Å². The number of carbonyl (C=O) groups excluding carboxylic acids is 1. The Morgan fingerprint density at radius 3 is 2.83 bits per heavy atom. The average molecular weight is 332 g/mol. The van der Waals surface area contributed by atoms with Gasteiger partial charge in [-0.15, -0.1) is 0 Å². The molecule has 1 aliphatic rings. The van der Waals surface area contributed by atoms with Gasteiger partial charge in [0.1, 0.15) is 0 Å². The lowest BCUT2D eigenvalue weighted by molar-refractivity contribution is -0.143. The lowest BCUT2D eigenvalue weighted by Crippen LogP contribution is -2.13. The van der Waals surface area contributed by atoms with Gasteiger partial charge in [-0.2, -0.15) is 0 Å². The zero-order valence-corrected chi connectivity index (χ0v) is 13.7. The van der Waals surface area contributed by atoms with Gasteiger partial charge < -0.3 is 14.2 Å². The fraction of sp³-hybridized carbons (Fsp3) is 0.412. The van der Waals surface area contributed by atoms with Crippen LogP contribution in [0.4, 0.5) is 0 Å². The van der Waals surface area contributed by atoms with E-state index in [2.05, 4.69) is 5.10 Å². The highest BCUT2D eigenvalue weighted by Crippen LogP contribution is 2.36. The highest BCUT2D eigenvalue weighted by atomic mass is 16.7. The minimum atomic E-state index is -0.265. The predicted molar refractivity (Wildman–Crippen MR) is 86.3 cm³/mol. The molecule has 0 saturated heterocycles. The van der Waals surface area contributed by atoms with E-state index in [1.807, 2.05) is 18.2 Å². The van der Waals surface area contributed by atoms with E-state index in [-0.39, 0.29) is 30.7 Å². The second-order valence-electron chi connectivity index (χ2n) is 5.70. The number of hydrogen-bond donors (Lipinski definition) is 1. The van der Waals surface area contributed by atoms with Crippen LogP contribution in [0.25, 0.3) is 0 Å². The summed E-state index contributed by atoms with van der Waals surface area (Å²) in [6.07, 6.45) is 0.749. The molecule has 7 heteroatoms. The van der Waals surface area contributed by atoms with Gasteiger partial charge in [0.2, 0.25) is 6.79 Å². The molecule has 1 N–H and O–H groups in total. The molecule has 1 aliphatic heterocycles. The predicted octanol–water partition coefficient (Wildman–Crippen LogP) is 1.72. The largest absolute Gasteiger partial charge is 0.466 e. The first-order chi connectivity index (χ1) is 11.6. The van der Waals surface area contributed by atoms with E-state index in [0.717, 1.165) is 11.3 Å². The summed E-state index contributed by atoms with van der Waals surface area (Å²) < 4.78 is 17.2. The van der Waals surface area contributed by atoms with Crippen LogP contribution in [0.3, 0.4) is 0 Å². The maximum atomic E-state index is 12.0. The second-order valence-corrected chi connectivity index (χ2v) is 5.70. The van der Waals surface area contributed by atoms with Crippen LogP contribution in [0, 0.1) is 0 Å². The summed E-state index contributed by atoms with van der Waals surface area (Å²) in [7, 11) is 1.66. The molecule has 0 unspecified atom stereocenters. The Balaban J connectivity index is 1.86. The molecule has 1 aromatic heterocycles. The molecule has 0 radical (unpaired) electrons. The second kappa shape index (κ2) is 6.82. The molecule has 0 saturated carbocycles. The maximum absolute atomic E-state index is 12.0. The molecular formula is C17H20N2O5. The van der Waals surface area contributed by atoms with Gasteiger partial charge in [-0.1, -0.05) is 6.07 Å². The van der Waals surface area contributed by atoms with Gasteiger partial charge in [0.15, 0.2) is 11.5 Å². The molecule has 0 spiro atoms. The summed E-state index contributed by atoms with van der Waals surface area (Å²) in [5.74, 6) is 0.972. The van der Waals surface area contributed by atoms with E-state index in [9.17, 15) is 9.59 Å². The van der Waals surface area contributed by atoms with Crippen LogP contribution in [-0.2, 0) is 23.0 Å². The van der Waals surface area contributed by atoms with Crippen LogP contribution in [0.2, 0.25) is 0 Å². The van der Waals surface area contributed by atoms with Gasteiger partial charge in [0.25, 0.3) is 5.56 Å². The van der Waals surface area contributed by atoms with Crippen LogP contribution in [0.1, 0.15) is 30.5 Å². The molecule has 24 heavy (non-hydrogen) atoms. The number of rotatable bonds is 6. The van der Waals surface area contributed by atoms with Crippen LogP contribution in [-0.4, -0.2) is 29.1 Å². The SMILES string of the molecule is CCOC(=O)C[C@H](Cc1cc(=O)n(C)[nH]1)c1ccc2c(c1)OCO2. The number of benzene rings is 1. The van der Waals surface area contributed by atoms with Crippen molar-refractivity contribution >= 4 is 5.97 Å². The zero-order chi connectivity index (χ0) is 17.1. The molecule has 128 valence electrons. The molecule has 0 bridgehead atoms. The Hall–Kier alpha value is -2.70. The molecule has 0 amide bonds. The van der Waals surface area contributed by atoms with Gasteiger partial charge in [-0.3, -0.25) is 19.4 Å². The molecular weight excluding hydrogens is 312 g/mol. The Labute approximate surface area is 139 Å². The molecule has 1 aromatic carbocycles. The number of fused-ring (bicyclic) bond motifs is 1. The van der Waals surface area contributed by atoms with Crippen LogP contribution in [0.15, 0.2) is 29.1 Å². The number of nitrogens with one attached hydrogen (secondary N) is 1. The van der Waals surface area contributed by atoms with Crippen molar-refractivity contribution in [3.8, 4) is 11.5 Å². The van der Waals surface area contributed by atoms with Crippen molar-refractivity contribution in [1.29, 1.82) is 0 Å². The van der Waals surface area contributed by atoms with Crippen molar-refractivity contribution < 1.29 is 19.0 Å². The quantitative estimate of drug-likeness (QED) is 0.815. The number of nitrogens with zero attached hydrogens (tertiary/aromatic N) is 1. The van der Waals surface area contributed by atoms with E-state index in [0.29, 0.717) is 24.5 Å². The summed E-state index contributed by atoms with van der Waals surface area (Å²) in [6.45, 7) is 2.32. The topological polar surface area (TPSA) is 82.6 Å². The van der Waals surface area contributed by atoms with E-state index in [1.165, 1.54) is 4.68 Å². The van der Waals surface area contributed by atoms with Crippen molar-refractivity contribution in [3.05, 3.63) is 45.9 Å². The molecule has 0 aliphatic carbocycles. The molecule has 0 fully saturated rings. The summed E-state index contributed by atoms with van der Waals surface area (Å²) in [5, 5.41) is 3.00. The first-order valence-corrected chi connectivity index (χ1v) is 7.87. The summed E-state index contributed by atoms with van der Waals surface area (Å²) >= 11 is 0. The number of aromatic amines is 1. The molecule has 1 atom stereocenters. The summed E-state index contributed by atoms with van der Waals surface area (Å²) in [5.41, 5.74) is 1.61. The standard InChI is InChI=1S/C17H20N2O5/c1-3-22-17(21)8-12(6-13-9-16(20)19(2)18-13)11-4-5-14-15(7-11)24-10-23-14/h4-5,7,9,12,18H,3,6,8,10H2,1-2H3/t12-/m0/s1. The third-order valence-electron chi connectivity index (χ3n) is 3.99. The third-order valence-corrected chi connectivity index (χ3v) is 3.99. The lowest BCUT2D eigenvalue weighted by atomic mass is 9.91. The number of hydrogen-bond acceptors (Lipinski definition) is 5. The Morgan fingerprint density at radius 2 is 2.12 bits per heavy atom. The first kappa shape index (κ1) is 16.2. The minimum Gasteiger partial charge on any atom is -0.466 e. The third kappa shape index (κ3) is 3.45. The normalized spacial score (nSPS) is 13.8. The maximum Gasteiger partial charge on any atom is 0.306 e. The number of ether oxygens (including phenoxy) is 3. The Bertz CT molecular complexity index is 793. The zero-order valence-electron chi connectivity index (χ0n) is 13.7. The Morgan fingerprint density at radius 1 is 1.33 bits per heavy atom. The number of carbonyl (C=O) groups is 1. The molecule has 3 rings (SSSR count). The number of esters is 1. The van der Waals surface area contributed by atoms with Crippen molar-refractivity contribution in [1.82, 2.24) is 9.78 Å². The minimum absolute atomic E-state index is 0.106. The van der Waals surface area contributed by atoms with E-state index < -0.39 is 0 Å². The monoisotopic (exact) mass is 332 g/mol. The number of aromatic nitrogens is 2. The Kier molecular flexibility index (Phi) is 4.59. The van der Waals surface area contributed by atoms with Crippen molar-refractivity contribution in [3.63, 3.8) is 0 Å². The smallest absolute Gasteiger partial charge is 0.306 e. The summed E-state index contributed by atoms with van der Waals surface area (Å²) in [4.78, 5) is 23.6. The van der Waals surface area contributed by atoms with Crippen molar-refractivity contribution in [2.24, 2.45) is 7.05 Å². The van der Waals surface area contributed by atoms with Crippen molar-refractivity contribution in [2.75, 3.05) is 13.4 Å². The first-order valence-electron chi connectivity index (χ1n) is 7.87. The van der Waals surface area contributed by atoms with Crippen LogP contribution >= 0.6 is 0 Å². The number of aryl methyl sites for hydroxylation is 1. The van der Waals surface area contributed by atoms with Crippen LogP contribution in [0.5, 0.6) is 11.5 Å². The van der Waals surface area contributed by atoms with E-state index >= 15 is 0 Å². The van der Waals surface area contributed by atoms with Gasteiger partial charge in [-0.05, 0) is 37.0 Å². The van der Waals surface area contributed by atoms with Gasteiger partial charge in [-0.25, -0.2) is 0 Å². The van der Waals surface area contributed by atoms with Crippen LogP contribution < -0.4 is 15.0 Å². The highest BCUT2D eigenvalue weighted by molar-refractivity contribution is 5.70. The molecule has 2 heterocycles. The average Bonchev–Trinajstić information content (AvgIpc) is 3.13. The molecule has 7 nitrogen and oxygen atoms in total. The number of H-pyrrole nitrogens is 1. The fourth-order valence-electron chi connectivity index (χ4n) is 2.81. The van der Waals surface area contributed by atoms with Gasteiger partial charge in [0.05, 0.1) is 13.0 Å². The highest BCUT2D eigenvalue weighted by Gasteiger charge is 2.22. The fourth-order valence-corrected chi connectivity index (χ4v) is 2.81. The van der Waals surface area contributed by atoms with E-state index in [1.54, 1.807) is 20.0 Å².